The first-order chi connectivity index (χ1) is 23.1. The summed E-state index contributed by atoms with van der Waals surface area (Å²) in [5.74, 6) is -1.68. The number of likely N-dealkylation sites (tertiary alicyclic amines) is 1. The van der Waals surface area contributed by atoms with Crippen molar-refractivity contribution in [3.05, 3.63) is 115 Å². The highest BCUT2D eigenvalue weighted by molar-refractivity contribution is 5.97. The summed E-state index contributed by atoms with van der Waals surface area (Å²) >= 11 is 0. The number of pyridine rings is 1. The van der Waals surface area contributed by atoms with Gasteiger partial charge in [-0.1, -0.05) is 30.3 Å². The van der Waals surface area contributed by atoms with Gasteiger partial charge in [-0.3, -0.25) is 9.59 Å². The third-order valence-corrected chi connectivity index (χ3v) is 7.82. The molecule has 3 aromatic carbocycles. The molecule has 2 aromatic heterocycles. The van der Waals surface area contributed by atoms with Crippen LogP contribution in [0.5, 0.6) is 5.75 Å². The Morgan fingerprint density at radius 1 is 0.958 bits per heavy atom. The number of anilines is 3. The number of rotatable bonds is 10. The number of hydrogen-bond acceptors (Lipinski definition) is 6. The Bertz CT molecular complexity index is 1950. The first-order valence-electron chi connectivity index (χ1n) is 15.1. The molecule has 2 amide bonds. The zero-order valence-electron chi connectivity index (χ0n) is 25.5. The van der Waals surface area contributed by atoms with Gasteiger partial charge in [0, 0.05) is 36.1 Å². The summed E-state index contributed by atoms with van der Waals surface area (Å²) < 4.78 is 59.1. The zero-order valence-corrected chi connectivity index (χ0v) is 25.5. The Hall–Kier alpha value is -5.72. The van der Waals surface area contributed by atoms with Crippen molar-refractivity contribution in [3.8, 4) is 16.9 Å². The maximum atomic E-state index is 13.3. The molecule has 1 atom stereocenters. The van der Waals surface area contributed by atoms with E-state index < -0.39 is 24.5 Å². The van der Waals surface area contributed by atoms with Gasteiger partial charge < -0.3 is 20.3 Å². The maximum absolute atomic E-state index is 13.3. The largest absolute Gasteiger partial charge is 0.482 e. The van der Waals surface area contributed by atoms with Crippen molar-refractivity contribution >= 4 is 34.8 Å². The second kappa shape index (κ2) is 13.6. The van der Waals surface area contributed by atoms with Crippen LogP contribution in [0, 0.1) is 5.82 Å². The molecule has 2 N–H and O–H groups in total. The molecule has 0 spiro atoms. The van der Waals surface area contributed by atoms with Gasteiger partial charge in [0.2, 0.25) is 11.9 Å². The number of amides is 2. The van der Waals surface area contributed by atoms with Crippen molar-refractivity contribution in [2.75, 3.05) is 30.3 Å². The third-order valence-electron chi connectivity index (χ3n) is 7.82. The Morgan fingerprint density at radius 2 is 1.67 bits per heavy atom. The van der Waals surface area contributed by atoms with E-state index >= 15 is 0 Å². The first-order valence-corrected chi connectivity index (χ1v) is 15.1. The third kappa shape index (κ3) is 7.46. The van der Waals surface area contributed by atoms with Crippen LogP contribution in [0.4, 0.5) is 34.9 Å². The lowest BCUT2D eigenvalue weighted by molar-refractivity contribution is -0.153. The predicted molar refractivity (Wildman–Crippen MR) is 173 cm³/mol. The predicted octanol–water partition coefficient (Wildman–Crippen LogP) is 7.36. The fraction of sp³-hybridized carbons (Fsp3) is 0.200. The summed E-state index contributed by atoms with van der Waals surface area (Å²) in [5.41, 5.74) is 3.65. The van der Waals surface area contributed by atoms with Gasteiger partial charge >= 0.3 is 6.18 Å². The molecule has 1 aliphatic heterocycles. The average molecular weight is 659 g/mol. The van der Waals surface area contributed by atoms with Gasteiger partial charge in [0.05, 0.1) is 11.6 Å². The molecule has 3 heterocycles. The molecule has 0 radical (unpaired) electrons. The van der Waals surface area contributed by atoms with Crippen LogP contribution >= 0.6 is 0 Å². The van der Waals surface area contributed by atoms with E-state index in [1.54, 1.807) is 41.4 Å². The Kier molecular flexibility index (Phi) is 9.10. The average Bonchev–Trinajstić information content (AvgIpc) is 3.75. The Labute approximate surface area is 272 Å². The molecular formula is C35H30F4N6O3. The summed E-state index contributed by atoms with van der Waals surface area (Å²) in [6, 6.07) is 20.7. The van der Waals surface area contributed by atoms with Gasteiger partial charge in [0.25, 0.3) is 5.91 Å². The normalized spacial score (nSPS) is 13.7. The van der Waals surface area contributed by atoms with E-state index in [4.69, 9.17) is 4.74 Å². The van der Waals surface area contributed by atoms with E-state index in [0.717, 1.165) is 24.0 Å². The van der Waals surface area contributed by atoms with Crippen LogP contribution in [0.15, 0.2) is 97.7 Å². The molecule has 6 rings (SSSR count). The maximum Gasteiger partial charge on any atom is 0.422 e. The molecule has 1 fully saturated rings. The number of hydrogen-bond donors (Lipinski definition) is 2. The molecule has 9 nitrogen and oxygen atoms in total. The first kappa shape index (κ1) is 32.2. The molecule has 0 bridgehead atoms. The van der Waals surface area contributed by atoms with E-state index in [1.807, 2.05) is 18.2 Å². The van der Waals surface area contributed by atoms with E-state index in [0.29, 0.717) is 30.0 Å². The smallest absolute Gasteiger partial charge is 0.422 e. The van der Waals surface area contributed by atoms with Crippen LogP contribution in [0.25, 0.3) is 16.8 Å². The number of halogens is 4. The highest BCUT2D eigenvalue weighted by Gasteiger charge is 2.29. The minimum absolute atomic E-state index is 0.110. The molecule has 48 heavy (non-hydrogen) atoms. The van der Waals surface area contributed by atoms with Crippen molar-refractivity contribution in [2.45, 2.75) is 24.9 Å². The van der Waals surface area contributed by atoms with Gasteiger partial charge in [-0.2, -0.15) is 18.2 Å². The molecule has 13 heteroatoms. The number of benzene rings is 3. The number of fused-ring (bicyclic) bond motifs is 1. The van der Waals surface area contributed by atoms with Crippen LogP contribution in [0.1, 0.15) is 34.7 Å². The lowest BCUT2D eigenvalue weighted by Crippen LogP contribution is -2.27. The number of ether oxygens (including phenoxy) is 1. The van der Waals surface area contributed by atoms with Gasteiger partial charge in [-0.05, 0) is 78.6 Å². The number of aromatic nitrogens is 3. The van der Waals surface area contributed by atoms with Crippen LogP contribution in [0.2, 0.25) is 0 Å². The molecule has 0 saturated carbocycles. The molecule has 1 unspecified atom stereocenters. The van der Waals surface area contributed by atoms with E-state index in [9.17, 15) is 27.2 Å². The minimum Gasteiger partial charge on any atom is -0.482 e. The lowest BCUT2D eigenvalue weighted by atomic mass is 9.98. The SMILES string of the molecule is C=CC(C(=O)Nc1ccc(-c2ccc3nc(Nc4ccc(C(=O)N5CCCC5)cc4OCC(F)(F)F)nn3c2)cc1)c1ccc(F)cc1. The van der Waals surface area contributed by atoms with Gasteiger partial charge in [0.1, 0.15) is 11.6 Å². The topological polar surface area (TPSA) is 101 Å². The fourth-order valence-electron chi connectivity index (χ4n) is 5.40. The van der Waals surface area contributed by atoms with Crippen molar-refractivity contribution in [2.24, 2.45) is 0 Å². The number of carbonyl (C=O) groups excluding carboxylic acids is 2. The van der Waals surface area contributed by atoms with E-state index in [1.165, 1.54) is 40.9 Å². The minimum atomic E-state index is -4.58. The summed E-state index contributed by atoms with van der Waals surface area (Å²) in [6.07, 6.45) is 0.414. The number of nitrogens with one attached hydrogen (secondary N) is 2. The Balaban J connectivity index is 1.17. The number of alkyl halides is 3. The van der Waals surface area contributed by atoms with Crippen molar-refractivity contribution in [3.63, 3.8) is 0 Å². The summed E-state index contributed by atoms with van der Waals surface area (Å²) in [4.78, 5) is 31.8. The summed E-state index contributed by atoms with van der Waals surface area (Å²) in [5, 5.41) is 10.2. The second-order valence-electron chi connectivity index (χ2n) is 11.2. The molecule has 1 saturated heterocycles. The number of nitrogens with zero attached hydrogens (tertiary/aromatic N) is 4. The summed E-state index contributed by atoms with van der Waals surface area (Å²) in [7, 11) is 0. The quantitative estimate of drug-likeness (QED) is 0.120. The van der Waals surface area contributed by atoms with Gasteiger partial charge in [-0.25, -0.2) is 8.91 Å². The zero-order chi connectivity index (χ0) is 33.8. The summed E-state index contributed by atoms with van der Waals surface area (Å²) in [6.45, 7) is 3.40. The van der Waals surface area contributed by atoms with Crippen molar-refractivity contribution in [1.82, 2.24) is 19.5 Å². The highest BCUT2D eigenvalue weighted by Crippen LogP contribution is 2.31. The molecular weight excluding hydrogens is 628 g/mol. The van der Waals surface area contributed by atoms with Crippen molar-refractivity contribution in [1.29, 1.82) is 0 Å². The van der Waals surface area contributed by atoms with Crippen LogP contribution in [-0.4, -0.2) is 57.2 Å². The van der Waals surface area contributed by atoms with Crippen molar-refractivity contribution < 1.29 is 31.9 Å². The van der Waals surface area contributed by atoms with Crippen LogP contribution < -0.4 is 15.4 Å². The fourth-order valence-corrected chi connectivity index (χ4v) is 5.40. The van der Waals surface area contributed by atoms with Gasteiger partial charge in [-0.15, -0.1) is 11.7 Å². The lowest BCUT2D eigenvalue weighted by Gasteiger charge is -2.18. The second-order valence-corrected chi connectivity index (χ2v) is 11.2. The standard InChI is InChI=1S/C35H30F4N6O3/c1-2-28(23-5-11-26(36)12-6-23)32(46)40-27-13-7-22(8-14-27)25-10-16-31-42-34(43-45(31)20-25)41-29-15-9-24(33(47)44-17-3-4-18-44)19-30(29)48-21-35(37,38)39/h2,5-16,19-20,28H,1,3-4,17-18,21H2,(H,40,46)(H,41,43). The molecule has 0 aliphatic carbocycles. The van der Waals surface area contributed by atoms with E-state index in [2.05, 4.69) is 27.3 Å². The Morgan fingerprint density at radius 3 is 2.35 bits per heavy atom. The van der Waals surface area contributed by atoms with E-state index in [-0.39, 0.29) is 34.8 Å². The van der Waals surface area contributed by atoms with Crippen LogP contribution in [0.3, 0.4) is 0 Å². The van der Waals surface area contributed by atoms with Gasteiger partial charge in [0.15, 0.2) is 12.3 Å². The molecule has 1 aliphatic rings. The highest BCUT2D eigenvalue weighted by atomic mass is 19.4. The molecule has 246 valence electrons. The molecule has 5 aromatic rings. The van der Waals surface area contributed by atoms with Crippen LogP contribution in [-0.2, 0) is 4.79 Å². The monoisotopic (exact) mass is 658 g/mol. The number of carbonyl (C=O) groups is 2.